The summed E-state index contributed by atoms with van der Waals surface area (Å²) >= 11 is 0. The quantitative estimate of drug-likeness (QED) is 0.763. The predicted molar refractivity (Wildman–Crippen MR) is 74.8 cm³/mol. The van der Waals surface area contributed by atoms with E-state index in [0.29, 0.717) is 11.5 Å². The fraction of sp³-hybridized carbons (Fsp3) is 0.143. The maximum Gasteiger partial charge on any atom is 0.271 e. The lowest BCUT2D eigenvalue weighted by Crippen LogP contribution is -2.20. The van der Waals surface area contributed by atoms with Crippen LogP contribution in [-0.2, 0) is 0 Å². The van der Waals surface area contributed by atoms with Crippen molar-refractivity contribution < 1.29 is 4.79 Å². The summed E-state index contributed by atoms with van der Waals surface area (Å²) in [5, 5.41) is 10.6. The zero-order valence-electron chi connectivity index (χ0n) is 11.2. The molecule has 6 nitrogen and oxygen atoms in total. The highest BCUT2D eigenvalue weighted by Gasteiger charge is 2.11. The summed E-state index contributed by atoms with van der Waals surface area (Å²) in [7, 11) is 1.56. The fourth-order valence-corrected chi connectivity index (χ4v) is 2.13. The van der Waals surface area contributed by atoms with Crippen molar-refractivity contribution in [1.29, 1.82) is 0 Å². The third kappa shape index (κ3) is 1.91. The van der Waals surface area contributed by atoms with Crippen LogP contribution in [0.2, 0.25) is 0 Å². The SMILES string of the molecule is CNC(=O)c1ccc(-n2c(C)nc3ccccc32)nn1. The van der Waals surface area contributed by atoms with E-state index in [1.165, 1.54) is 0 Å². The Bertz CT molecular complexity index is 776. The molecule has 0 aliphatic rings. The van der Waals surface area contributed by atoms with Gasteiger partial charge in [0.1, 0.15) is 5.82 Å². The van der Waals surface area contributed by atoms with Crippen LogP contribution < -0.4 is 5.32 Å². The van der Waals surface area contributed by atoms with Gasteiger partial charge in [-0.1, -0.05) is 12.1 Å². The molecule has 3 rings (SSSR count). The van der Waals surface area contributed by atoms with E-state index < -0.39 is 0 Å². The molecule has 0 aliphatic heterocycles. The molecule has 20 heavy (non-hydrogen) atoms. The highest BCUT2D eigenvalue weighted by molar-refractivity contribution is 5.91. The average molecular weight is 267 g/mol. The molecule has 0 aliphatic carbocycles. The molecular weight excluding hydrogens is 254 g/mol. The van der Waals surface area contributed by atoms with Crippen LogP contribution in [0.3, 0.4) is 0 Å². The van der Waals surface area contributed by atoms with Crippen molar-refractivity contribution in [2.75, 3.05) is 7.05 Å². The number of nitrogens with one attached hydrogen (secondary N) is 1. The predicted octanol–water partition coefficient (Wildman–Crippen LogP) is 1.48. The van der Waals surface area contributed by atoms with Gasteiger partial charge in [-0.15, -0.1) is 10.2 Å². The van der Waals surface area contributed by atoms with E-state index in [2.05, 4.69) is 20.5 Å². The minimum atomic E-state index is -0.253. The van der Waals surface area contributed by atoms with Gasteiger partial charge >= 0.3 is 0 Å². The Balaban J connectivity index is 2.11. The second-order valence-corrected chi connectivity index (χ2v) is 4.34. The number of aryl methyl sites for hydroxylation is 1. The minimum Gasteiger partial charge on any atom is -0.354 e. The summed E-state index contributed by atoms with van der Waals surface area (Å²) in [5.74, 6) is 1.22. The van der Waals surface area contributed by atoms with Gasteiger partial charge in [-0.3, -0.25) is 9.36 Å². The van der Waals surface area contributed by atoms with Crippen molar-refractivity contribution in [3.05, 3.63) is 47.9 Å². The molecule has 2 heterocycles. The highest BCUT2D eigenvalue weighted by atomic mass is 16.1. The van der Waals surface area contributed by atoms with Crippen LogP contribution in [0.15, 0.2) is 36.4 Å². The van der Waals surface area contributed by atoms with Crippen molar-refractivity contribution >= 4 is 16.9 Å². The van der Waals surface area contributed by atoms with Gasteiger partial charge in [0.05, 0.1) is 11.0 Å². The Morgan fingerprint density at radius 1 is 1.15 bits per heavy atom. The molecule has 2 aromatic heterocycles. The Labute approximate surface area is 115 Å². The molecule has 1 N–H and O–H groups in total. The van der Waals surface area contributed by atoms with Crippen LogP contribution in [0.25, 0.3) is 16.9 Å². The molecule has 3 aromatic rings. The topological polar surface area (TPSA) is 72.7 Å². The van der Waals surface area contributed by atoms with Gasteiger partial charge < -0.3 is 5.32 Å². The van der Waals surface area contributed by atoms with Crippen molar-refractivity contribution in [2.24, 2.45) is 0 Å². The van der Waals surface area contributed by atoms with Gasteiger partial charge in [-0.25, -0.2) is 4.98 Å². The van der Waals surface area contributed by atoms with E-state index in [1.807, 2.05) is 35.8 Å². The summed E-state index contributed by atoms with van der Waals surface area (Å²) in [4.78, 5) is 15.9. The zero-order chi connectivity index (χ0) is 14.1. The maximum absolute atomic E-state index is 11.5. The summed E-state index contributed by atoms with van der Waals surface area (Å²) in [6.45, 7) is 1.91. The maximum atomic E-state index is 11.5. The third-order valence-electron chi connectivity index (χ3n) is 3.07. The monoisotopic (exact) mass is 267 g/mol. The van der Waals surface area contributed by atoms with Gasteiger partial charge in [0.25, 0.3) is 5.91 Å². The first kappa shape index (κ1) is 12.3. The molecule has 0 atom stereocenters. The fourth-order valence-electron chi connectivity index (χ4n) is 2.13. The Morgan fingerprint density at radius 2 is 1.95 bits per heavy atom. The lowest BCUT2D eigenvalue weighted by atomic mass is 10.3. The minimum absolute atomic E-state index is 0.253. The zero-order valence-corrected chi connectivity index (χ0v) is 11.2. The second-order valence-electron chi connectivity index (χ2n) is 4.34. The average Bonchev–Trinajstić information content (AvgIpc) is 2.82. The van der Waals surface area contributed by atoms with E-state index in [-0.39, 0.29) is 5.91 Å². The molecule has 0 spiro atoms. The van der Waals surface area contributed by atoms with Crippen LogP contribution in [-0.4, -0.2) is 32.7 Å². The number of para-hydroxylation sites is 2. The van der Waals surface area contributed by atoms with Crippen LogP contribution in [0.5, 0.6) is 0 Å². The number of carbonyl (C=O) groups is 1. The van der Waals surface area contributed by atoms with E-state index in [9.17, 15) is 4.79 Å². The molecular formula is C14H13N5O. The van der Waals surface area contributed by atoms with Crippen molar-refractivity contribution in [3.63, 3.8) is 0 Å². The second kappa shape index (κ2) is 4.73. The van der Waals surface area contributed by atoms with Gasteiger partial charge in [-0.2, -0.15) is 0 Å². The van der Waals surface area contributed by atoms with Crippen LogP contribution in [0.1, 0.15) is 16.3 Å². The number of amides is 1. The van der Waals surface area contributed by atoms with Crippen molar-refractivity contribution in [1.82, 2.24) is 25.1 Å². The van der Waals surface area contributed by atoms with Gasteiger partial charge in [0.2, 0.25) is 0 Å². The molecule has 0 saturated carbocycles. The smallest absolute Gasteiger partial charge is 0.271 e. The van der Waals surface area contributed by atoms with Crippen molar-refractivity contribution in [3.8, 4) is 5.82 Å². The number of carbonyl (C=O) groups excluding carboxylic acids is 1. The van der Waals surface area contributed by atoms with E-state index >= 15 is 0 Å². The van der Waals surface area contributed by atoms with Gasteiger partial charge in [-0.05, 0) is 31.2 Å². The van der Waals surface area contributed by atoms with Crippen LogP contribution in [0, 0.1) is 6.92 Å². The summed E-state index contributed by atoms with van der Waals surface area (Å²) in [6, 6.07) is 11.2. The van der Waals surface area contributed by atoms with Crippen LogP contribution in [0.4, 0.5) is 0 Å². The van der Waals surface area contributed by atoms with Crippen molar-refractivity contribution in [2.45, 2.75) is 6.92 Å². The number of hydrogen-bond donors (Lipinski definition) is 1. The lowest BCUT2D eigenvalue weighted by Gasteiger charge is -2.05. The molecule has 0 bridgehead atoms. The molecule has 6 heteroatoms. The van der Waals surface area contributed by atoms with Gasteiger partial charge in [0.15, 0.2) is 11.5 Å². The third-order valence-corrected chi connectivity index (χ3v) is 3.07. The number of fused-ring (bicyclic) bond motifs is 1. The number of benzene rings is 1. The number of nitrogens with zero attached hydrogens (tertiary/aromatic N) is 4. The van der Waals surface area contributed by atoms with E-state index in [4.69, 9.17) is 0 Å². The van der Waals surface area contributed by atoms with E-state index in [1.54, 1.807) is 19.2 Å². The largest absolute Gasteiger partial charge is 0.354 e. The molecule has 100 valence electrons. The summed E-state index contributed by atoms with van der Waals surface area (Å²) < 4.78 is 1.91. The van der Waals surface area contributed by atoms with Crippen LogP contribution >= 0.6 is 0 Å². The van der Waals surface area contributed by atoms with E-state index in [0.717, 1.165) is 16.9 Å². The first-order valence-corrected chi connectivity index (χ1v) is 6.21. The Morgan fingerprint density at radius 3 is 2.65 bits per heavy atom. The number of hydrogen-bond acceptors (Lipinski definition) is 4. The number of aromatic nitrogens is 4. The number of rotatable bonds is 2. The molecule has 0 unspecified atom stereocenters. The first-order chi connectivity index (χ1) is 9.70. The summed E-state index contributed by atoms with van der Waals surface area (Å²) in [6.07, 6.45) is 0. The summed E-state index contributed by atoms with van der Waals surface area (Å²) in [5.41, 5.74) is 2.16. The lowest BCUT2D eigenvalue weighted by molar-refractivity contribution is 0.0957. The molecule has 1 amide bonds. The normalized spacial score (nSPS) is 10.7. The molecule has 0 radical (unpaired) electrons. The molecule has 0 fully saturated rings. The highest BCUT2D eigenvalue weighted by Crippen LogP contribution is 2.19. The first-order valence-electron chi connectivity index (χ1n) is 6.21. The molecule has 1 aromatic carbocycles. The number of imidazole rings is 1. The standard InChI is InChI=1S/C14H13N5O/c1-9-16-10-5-3-4-6-12(10)19(9)13-8-7-11(17-18-13)14(20)15-2/h3-8H,1-2H3,(H,15,20). The molecule has 0 saturated heterocycles. The van der Waals surface area contributed by atoms with Gasteiger partial charge in [0, 0.05) is 7.05 Å². The Kier molecular flexibility index (Phi) is 2.90. The Hall–Kier alpha value is -2.76.